The first-order valence-electron chi connectivity index (χ1n) is 7.26. The molecule has 0 aromatic carbocycles. The lowest BCUT2D eigenvalue weighted by Gasteiger charge is -2.20. The Balaban J connectivity index is 2.18. The molecule has 3 rings (SSSR count). The van der Waals surface area contributed by atoms with Crippen LogP contribution in [0.5, 0.6) is 0 Å². The Morgan fingerprint density at radius 2 is 2.12 bits per heavy atom. The van der Waals surface area contributed by atoms with Crippen LogP contribution in [0.4, 0.5) is 10.6 Å². The van der Waals surface area contributed by atoms with Gasteiger partial charge < -0.3 is 9.72 Å². The number of carbonyl (C=O) groups excluding carboxylic acids is 1. The van der Waals surface area contributed by atoms with Crippen LogP contribution in [0.2, 0.25) is 0 Å². The summed E-state index contributed by atoms with van der Waals surface area (Å²) in [4.78, 5) is 31.4. The van der Waals surface area contributed by atoms with Gasteiger partial charge in [-0.05, 0) is 55.1 Å². The molecule has 0 bridgehead atoms. The van der Waals surface area contributed by atoms with Crippen molar-refractivity contribution in [1.29, 1.82) is 0 Å². The zero-order chi connectivity index (χ0) is 17.6. The van der Waals surface area contributed by atoms with Crippen molar-refractivity contribution >= 4 is 60.2 Å². The predicted molar refractivity (Wildman–Crippen MR) is 100 cm³/mol. The summed E-state index contributed by atoms with van der Waals surface area (Å²) >= 11 is 4.88. The Morgan fingerprint density at radius 3 is 2.79 bits per heavy atom. The number of hydrogen-bond donors (Lipinski definition) is 2. The summed E-state index contributed by atoms with van der Waals surface area (Å²) in [6.07, 6.45) is -0.583. The van der Waals surface area contributed by atoms with Crippen LogP contribution in [-0.4, -0.2) is 21.7 Å². The van der Waals surface area contributed by atoms with Crippen molar-refractivity contribution in [1.82, 2.24) is 9.97 Å². The molecule has 0 aliphatic heterocycles. The van der Waals surface area contributed by atoms with Gasteiger partial charge in [0.2, 0.25) is 0 Å². The van der Waals surface area contributed by atoms with E-state index in [0.717, 1.165) is 10.8 Å². The number of anilines is 1. The van der Waals surface area contributed by atoms with Gasteiger partial charge >= 0.3 is 6.09 Å². The number of aryl methyl sites for hydroxylation is 1. The maximum Gasteiger partial charge on any atom is 0.413 e. The molecule has 0 atom stereocenters. The fraction of sp³-hybridized carbons (Fsp3) is 0.312. The number of hydrogen-bond acceptors (Lipinski definition) is 5. The molecule has 0 spiro atoms. The number of aromatic nitrogens is 2. The van der Waals surface area contributed by atoms with Gasteiger partial charge in [0.25, 0.3) is 5.56 Å². The topological polar surface area (TPSA) is 84.1 Å². The van der Waals surface area contributed by atoms with Gasteiger partial charge in [-0.3, -0.25) is 10.1 Å². The number of pyridine rings is 2. The number of fused-ring (bicyclic) bond motifs is 3. The quantitative estimate of drug-likeness (QED) is 0.616. The number of nitrogens with one attached hydrogen (secondary N) is 2. The second-order valence-electron chi connectivity index (χ2n) is 6.35. The van der Waals surface area contributed by atoms with E-state index >= 15 is 0 Å². The number of rotatable bonds is 1. The third-order valence-electron chi connectivity index (χ3n) is 3.32. The molecular weight excluding hydrogens is 394 g/mol. The standard InChI is InChI=1S/C16H16BrN3O3S/c1-7-11-9(8-5-6-24-12(8)14(21)19-11)10(17)13(18-7)20-15(22)23-16(2,3)4/h5-6H,1-4H3,(H,19,21)(H,18,20,22). The molecule has 2 N–H and O–H groups in total. The van der Waals surface area contributed by atoms with Crippen molar-refractivity contribution in [3.8, 4) is 0 Å². The predicted octanol–water partition coefficient (Wildman–Crippen LogP) is 4.56. The first-order valence-corrected chi connectivity index (χ1v) is 8.94. The molecular formula is C16H16BrN3O3S. The van der Waals surface area contributed by atoms with Crippen molar-refractivity contribution in [3.63, 3.8) is 0 Å². The largest absolute Gasteiger partial charge is 0.444 e. The molecule has 3 aromatic heterocycles. The fourth-order valence-corrected chi connectivity index (χ4v) is 3.82. The van der Waals surface area contributed by atoms with Crippen LogP contribution in [0.3, 0.4) is 0 Å². The number of thiophene rings is 1. The lowest BCUT2D eigenvalue weighted by molar-refractivity contribution is 0.0635. The Morgan fingerprint density at radius 1 is 1.42 bits per heavy atom. The second-order valence-corrected chi connectivity index (χ2v) is 8.06. The zero-order valence-corrected chi connectivity index (χ0v) is 16.0. The Labute approximate surface area is 150 Å². The normalized spacial score (nSPS) is 11.9. The van der Waals surface area contributed by atoms with Crippen molar-refractivity contribution < 1.29 is 9.53 Å². The highest BCUT2D eigenvalue weighted by molar-refractivity contribution is 9.10. The third-order valence-corrected chi connectivity index (χ3v) is 5.00. The average molecular weight is 410 g/mol. The lowest BCUT2D eigenvalue weighted by atomic mass is 10.1. The van der Waals surface area contributed by atoms with Crippen molar-refractivity contribution in [2.24, 2.45) is 0 Å². The summed E-state index contributed by atoms with van der Waals surface area (Å²) in [5.74, 6) is 0.355. The molecule has 0 fully saturated rings. The van der Waals surface area contributed by atoms with Crippen LogP contribution in [0.1, 0.15) is 26.5 Å². The molecule has 6 nitrogen and oxygen atoms in total. The highest BCUT2D eigenvalue weighted by Crippen LogP contribution is 2.36. The van der Waals surface area contributed by atoms with Gasteiger partial charge in [0.1, 0.15) is 10.3 Å². The monoisotopic (exact) mass is 409 g/mol. The van der Waals surface area contributed by atoms with E-state index in [1.807, 2.05) is 11.4 Å². The van der Waals surface area contributed by atoms with Crippen molar-refractivity contribution in [3.05, 3.63) is 32.0 Å². The molecule has 0 unspecified atom stereocenters. The number of ether oxygens (including phenoxy) is 1. The highest BCUT2D eigenvalue weighted by Gasteiger charge is 2.20. The van der Waals surface area contributed by atoms with Crippen LogP contribution in [0, 0.1) is 6.92 Å². The average Bonchev–Trinajstić information content (AvgIpc) is 2.92. The minimum atomic E-state index is -0.603. The molecule has 0 radical (unpaired) electrons. The van der Waals surface area contributed by atoms with Crippen LogP contribution in [0.15, 0.2) is 20.7 Å². The Hall–Kier alpha value is -1.93. The van der Waals surface area contributed by atoms with Gasteiger partial charge in [0, 0.05) is 10.8 Å². The summed E-state index contributed by atoms with van der Waals surface area (Å²) in [6, 6.07) is 1.89. The molecule has 0 saturated carbocycles. The van der Waals surface area contributed by atoms with Gasteiger partial charge in [0.05, 0.1) is 15.7 Å². The molecule has 0 saturated heterocycles. The van der Waals surface area contributed by atoms with E-state index in [1.54, 1.807) is 27.7 Å². The second kappa shape index (κ2) is 5.86. The van der Waals surface area contributed by atoms with E-state index < -0.39 is 11.7 Å². The first-order chi connectivity index (χ1) is 11.2. The summed E-state index contributed by atoms with van der Waals surface area (Å²) < 4.78 is 6.51. The summed E-state index contributed by atoms with van der Waals surface area (Å²) in [6.45, 7) is 7.16. The highest BCUT2D eigenvalue weighted by atomic mass is 79.9. The number of H-pyrrole nitrogens is 1. The molecule has 24 heavy (non-hydrogen) atoms. The first kappa shape index (κ1) is 16.9. The summed E-state index contributed by atoms with van der Waals surface area (Å²) in [7, 11) is 0. The van der Waals surface area contributed by atoms with Crippen molar-refractivity contribution in [2.75, 3.05) is 5.32 Å². The van der Waals surface area contributed by atoms with E-state index in [4.69, 9.17) is 4.74 Å². The molecule has 3 heterocycles. The molecule has 0 aliphatic carbocycles. The van der Waals surface area contributed by atoms with Gasteiger partial charge in [-0.1, -0.05) is 0 Å². The van der Waals surface area contributed by atoms with Crippen LogP contribution < -0.4 is 10.9 Å². The number of aromatic amines is 1. The molecule has 3 aromatic rings. The smallest absolute Gasteiger partial charge is 0.413 e. The van der Waals surface area contributed by atoms with Gasteiger partial charge in [0.15, 0.2) is 5.82 Å². The minimum Gasteiger partial charge on any atom is -0.444 e. The van der Waals surface area contributed by atoms with Gasteiger partial charge in [-0.25, -0.2) is 9.78 Å². The SMILES string of the molecule is Cc1nc(NC(=O)OC(C)(C)C)c(Br)c2c1[nH]c(=O)c1sccc12. The number of halogens is 1. The zero-order valence-electron chi connectivity index (χ0n) is 13.6. The van der Waals surface area contributed by atoms with E-state index in [1.165, 1.54) is 11.3 Å². The number of carbonyl (C=O) groups is 1. The number of amides is 1. The number of nitrogens with zero attached hydrogens (tertiary/aromatic N) is 1. The van der Waals surface area contributed by atoms with Crippen LogP contribution >= 0.6 is 27.3 Å². The molecule has 1 amide bonds. The fourth-order valence-electron chi connectivity index (χ4n) is 2.42. The maximum atomic E-state index is 12.2. The lowest BCUT2D eigenvalue weighted by Crippen LogP contribution is -2.27. The summed E-state index contributed by atoms with van der Waals surface area (Å²) in [5, 5.41) is 6.16. The summed E-state index contributed by atoms with van der Waals surface area (Å²) in [5.41, 5.74) is 0.517. The molecule has 0 aliphatic rings. The maximum absolute atomic E-state index is 12.2. The minimum absolute atomic E-state index is 0.142. The van der Waals surface area contributed by atoms with Gasteiger partial charge in [-0.2, -0.15) is 0 Å². The molecule has 126 valence electrons. The van der Waals surface area contributed by atoms with E-state index in [0.29, 0.717) is 26.2 Å². The third kappa shape index (κ3) is 3.03. The van der Waals surface area contributed by atoms with Crippen LogP contribution in [0.25, 0.3) is 21.0 Å². The molecule has 8 heteroatoms. The van der Waals surface area contributed by atoms with E-state index in [-0.39, 0.29) is 5.56 Å². The van der Waals surface area contributed by atoms with Gasteiger partial charge in [-0.15, -0.1) is 11.3 Å². The van der Waals surface area contributed by atoms with E-state index in [9.17, 15) is 9.59 Å². The Bertz CT molecular complexity index is 1020. The van der Waals surface area contributed by atoms with Crippen molar-refractivity contribution in [2.45, 2.75) is 33.3 Å². The Kier molecular flexibility index (Phi) is 4.13. The van der Waals surface area contributed by atoms with Crippen LogP contribution in [-0.2, 0) is 4.74 Å². The van der Waals surface area contributed by atoms with E-state index in [2.05, 4.69) is 31.2 Å².